The van der Waals surface area contributed by atoms with E-state index in [1.807, 2.05) is 30.3 Å². The number of nitrogens with zero attached hydrogens (tertiary/aromatic N) is 1. The van der Waals surface area contributed by atoms with Gasteiger partial charge in [0.05, 0.1) is 25.8 Å². The molecule has 150 valence electrons. The van der Waals surface area contributed by atoms with Crippen LogP contribution in [-0.2, 0) is 22.7 Å². The summed E-state index contributed by atoms with van der Waals surface area (Å²) in [6.07, 6.45) is -0.436. The normalized spacial score (nSPS) is 15.3. The fraction of sp³-hybridized carbons (Fsp3) is 0.192. The number of ether oxygens (including phenoxy) is 3. The highest BCUT2D eigenvalue weighted by Crippen LogP contribution is 2.33. The molecule has 0 saturated carbocycles. The highest BCUT2D eigenvalue weighted by molar-refractivity contribution is 5.79. The predicted octanol–water partition coefficient (Wildman–Crippen LogP) is 5.96. The minimum Gasteiger partial charge on any atom is -0.497 e. The molecule has 0 amide bonds. The number of fused-ring (bicyclic) bond motifs is 2. The minimum absolute atomic E-state index is 0.436. The topological polar surface area (TPSA) is 40.6 Å². The molecule has 0 aliphatic carbocycles. The van der Waals surface area contributed by atoms with E-state index in [4.69, 9.17) is 19.2 Å². The Morgan fingerprint density at radius 1 is 0.967 bits per heavy atom. The second kappa shape index (κ2) is 7.90. The molecular weight excluding hydrogens is 374 g/mol. The zero-order valence-electron chi connectivity index (χ0n) is 17.1. The Labute approximate surface area is 176 Å². The maximum Gasteiger partial charge on any atom is 0.202 e. The van der Waals surface area contributed by atoms with Crippen LogP contribution in [0.15, 0.2) is 72.8 Å². The summed E-state index contributed by atoms with van der Waals surface area (Å²) < 4.78 is 17.3. The van der Waals surface area contributed by atoms with Crippen molar-refractivity contribution in [1.82, 2.24) is 4.98 Å². The molecule has 0 N–H and O–H groups in total. The molecule has 0 bridgehead atoms. The number of aryl methyl sites for hydroxylation is 1. The number of methoxy groups -OCH3 is 1. The van der Waals surface area contributed by atoms with Crippen LogP contribution < -0.4 is 4.74 Å². The maximum atomic E-state index is 6.14. The summed E-state index contributed by atoms with van der Waals surface area (Å²) in [4.78, 5) is 4.79. The molecule has 30 heavy (non-hydrogen) atoms. The molecule has 1 aliphatic heterocycles. The smallest absolute Gasteiger partial charge is 0.202 e. The van der Waals surface area contributed by atoms with Gasteiger partial charge >= 0.3 is 0 Å². The Morgan fingerprint density at radius 2 is 1.80 bits per heavy atom. The van der Waals surface area contributed by atoms with Gasteiger partial charge in [-0.3, -0.25) is 0 Å². The van der Waals surface area contributed by atoms with E-state index in [0.29, 0.717) is 13.2 Å². The molecule has 1 aliphatic rings. The highest BCUT2D eigenvalue weighted by Gasteiger charge is 2.26. The summed E-state index contributed by atoms with van der Waals surface area (Å²) in [6.45, 7) is 3.10. The van der Waals surface area contributed by atoms with Gasteiger partial charge in [-0.25, -0.2) is 4.98 Å². The molecule has 4 nitrogen and oxygen atoms in total. The van der Waals surface area contributed by atoms with E-state index >= 15 is 0 Å². The number of hydrogen-bond donors (Lipinski definition) is 0. The zero-order valence-corrected chi connectivity index (χ0v) is 17.1. The lowest BCUT2D eigenvalue weighted by Crippen LogP contribution is -2.05. The number of hydrogen-bond acceptors (Lipinski definition) is 4. The monoisotopic (exact) mass is 397 g/mol. The molecule has 4 heteroatoms. The molecule has 4 aromatic rings. The lowest BCUT2D eigenvalue weighted by Gasteiger charge is -2.14. The standard InChI is InChI=1S/C26H23NO3/c1-17-11-18(13-21(12-17)19-7-9-23(28-2)10-8-19)15-29-26-25-22(16-30-26)14-20-5-3-4-6-24(20)27-25/h3-14,26H,15-16H2,1-2H3. The second-order valence-electron chi connectivity index (χ2n) is 7.62. The van der Waals surface area contributed by atoms with E-state index in [2.05, 4.69) is 49.4 Å². The molecule has 5 rings (SSSR count). The van der Waals surface area contributed by atoms with E-state index in [9.17, 15) is 0 Å². The first-order chi connectivity index (χ1) is 14.7. The van der Waals surface area contributed by atoms with Gasteiger partial charge in [-0.05, 0) is 53.9 Å². The Hall–Kier alpha value is -3.21. The van der Waals surface area contributed by atoms with Crippen LogP contribution in [0, 0.1) is 6.92 Å². The average Bonchev–Trinajstić information content (AvgIpc) is 3.17. The van der Waals surface area contributed by atoms with Crippen molar-refractivity contribution in [2.24, 2.45) is 0 Å². The number of pyridine rings is 1. The van der Waals surface area contributed by atoms with Gasteiger partial charge in [0.2, 0.25) is 6.29 Å². The van der Waals surface area contributed by atoms with Crippen molar-refractivity contribution in [1.29, 1.82) is 0 Å². The van der Waals surface area contributed by atoms with Crippen molar-refractivity contribution in [2.75, 3.05) is 7.11 Å². The van der Waals surface area contributed by atoms with Crippen molar-refractivity contribution in [3.05, 3.63) is 95.2 Å². The summed E-state index contributed by atoms with van der Waals surface area (Å²) in [5.41, 5.74) is 7.56. The first-order valence-corrected chi connectivity index (χ1v) is 10.1. The lowest BCUT2D eigenvalue weighted by atomic mass is 10.0. The van der Waals surface area contributed by atoms with E-state index in [1.165, 1.54) is 5.56 Å². The molecule has 1 unspecified atom stereocenters. The highest BCUT2D eigenvalue weighted by atomic mass is 16.7. The summed E-state index contributed by atoms with van der Waals surface area (Å²) in [5, 5.41) is 1.13. The summed E-state index contributed by atoms with van der Waals surface area (Å²) >= 11 is 0. The van der Waals surface area contributed by atoms with E-state index in [0.717, 1.165) is 44.6 Å². The molecule has 0 saturated heterocycles. The first-order valence-electron chi connectivity index (χ1n) is 10.1. The molecule has 1 atom stereocenters. The fourth-order valence-corrected chi connectivity index (χ4v) is 3.93. The number of aromatic nitrogens is 1. The van der Waals surface area contributed by atoms with Crippen molar-refractivity contribution < 1.29 is 14.2 Å². The summed E-state index contributed by atoms with van der Waals surface area (Å²) in [5.74, 6) is 0.854. The lowest BCUT2D eigenvalue weighted by molar-refractivity contribution is -0.147. The van der Waals surface area contributed by atoms with Crippen LogP contribution >= 0.6 is 0 Å². The van der Waals surface area contributed by atoms with E-state index in [1.54, 1.807) is 7.11 Å². The van der Waals surface area contributed by atoms with E-state index < -0.39 is 6.29 Å². The minimum atomic E-state index is -0.436. The van der Waals surface area contributed by atoms with Gasteiger partial charge in [0.15, 0.2) is 0 Å². The van der Waals surface area contributed by atoms with Gasteiger partial charge in [-0.2, -0.15) is 0 Å². The zero-order chi connectivity index (χ0) is 20.5. The average molecular weight is 397 g/mol. The molecule has 2 heterocycles. The largest absolute Gasteiger partial charge is 0.497 e. The Balaban J connectivity index is 1.36. The van der Waals surface area contributed by atoms with Crippen LogP contribution in [0.4, 0.5) is 0 Å². The quantitative estimate of drug-likeness (QED) is 0.416. The molecule has 0 fully saturated rings. The third-order valence-electron chi connectivity index (χ3n) is 5.41. The molecule has 3 aromatic carbocycles. The Morgan fingerprint density at radius 3 is 2.63 bits per heavy atom. The summed E-state index contributed by atoms with van der Waals surface area (Å²) in [6, 6.07) is 24.9. The number of benzene rings is 3. The second-order valence-corrected chi connectivity index (χ2v) is 7.62. The first kappa shape index (κ1) is 18.8. The predicted molar refractivity (Wildman–Crippen MR) is 117 cm³/mol. The van der Waals surface area contributed by atoms with Gasteiger partial charge in [0.1, 0.15) is 11.4 Å². The maximum absolute atomic E-state index is 6.14. The van der Waals surface area contributed by atoms with Gasteiger partial charge in [0.25, 0.3) is 0 Å². The Kier molecular flexibility index (Phi) is 4.95. The van der Waals surface area contributed by atoms with Crippen molar-refractivity contribution in [3.8, 4) is 16.9 Å². The van der Waals surface area contributed by atoms with Crippen molar-refractivity contribution in [2.45, 2.75) is 26.4 Å². The van der Waals surface area contributed by atoms with Gasteiger partial charge < -0.3 is 14.2 Å². The number of para-hydroxylation sites is 1. The van der Waals surface area contributed by atoms with Crippen LogP contribution in [0.2, 0.25) is 0 Å². The third kappa shape index (κ3) is 3.67. The van der Waals surface area contributed by atoms with E-state index in [-0.39, 0.29) is 0 Å². The summed E-state index contributed by atoms with van der Waals surface area (Å²) in [7, 11) is 1.68. The molecule has 1 aromatic heterocycles. The third-order valence-corrected chi connectivity index (χ3v) is 5.41. The van der Waals surface area contributed by atoms with Crippen molar-refractivity contribution >= 4 is 10.9 Å². The van der Waals surface area contributed by atoms with Crippen molar-refractivity contribution in [3.63, 3.8) is 0 Å². The molecule has 0 radical (unpaired) electrons. The Bertz CT molecular complexity index is 1200. The molecule has 0 spiro atoms. The van der Waals surface area contributed by atoms with Gasteiger partial charge in [0, 0.05) is 10.9 Å². The fourth-order valence-electron chi connectivity index (χ4n) is 3.93. The van der Waals surface area contributed by atoms with Crippen LogP contribution in [0.5, 0.6) is 5.75 Å². The van der Waals surface area contributed by atoms with Crippen LogP contribution in [-0.4, -0.2) is 12.1 Å². The van der Waals surface area contributed by atoms with Crippen LogP contribution in [0.1, 0.15) is 28.7 Å². The molecular formula is C26H23NO3. The van der Waals surface area contributed by atoms with Crippen LogP contribution in [0.3, 0.4) is 0 Å². The number of rotatable bonds is 5. The van der Waals surface area contributed by atoms with Gasteiger partial charge in [-0.15, -0.1) is 0 Å². The SMILES string of the molecule is COc1ccc(-c2cc(C)cc(COC3OCc4cc5ccccc5nc43)c2)cc1. The van der Waals surface area contributed by atoms with Gasteiger partial charge in [-0.1, -0.05) is 48.0 Å². The van der Waals surface area contributed by atoms with Crippen LogP contribution in [0.25, 0.3) is 22.0 Å².